The quantitative estimate of drug-likeness (QED) is 0.679. The molecule has 0 bridgehead atoms. The molecule has 4 rings (SSSR count). The van der Waals surface area contributed by atoms with Crippen LogP contribution in [0.4, 0.5) is 0 Å². The fraction of sp³-hybridized carbons (Fsp3) is 0.391. The molecule has 0 N–H and O–H groups in total. The molecule has 0 aliphatic carbocycles. The molecule has 1 aliphatic rings. The van der Waals surface area contributed by atoms with Gasteiger partial charge in [-0.15, -0.1) is 0 Å². The number of rotatable bonds is 5. The lowest BCUT2D eigenvalue weighted by Crippen LogP contribution is -2.45. The van der Waals surface area contributed by atoms with Crippen LogP contribution in [0, 0.1) is 6.92 Å². The van der Waals surface area contributed by atoms with E-state index < -0.39 is 0 Å². The van der Waals surface area contributed by atoms with Crippen molar-refractivity contribution in [2.24, 2.45) is 0 Å². The second kappa shape index (κ2) is 8.15. The number of hydrogen-bond acceptors (Lipinski definition) is 4. The topological polar surface area (TPSA) is 49.6 Å². The summed E-state index contributed by atoms with van der Waals surface area (Å²) in [5, 5.41) is 5.33. The third-order valence-electron chi connectivity index (χ3n) is 5.73. The van der Waals surface area contributed by atoms with Gasteiger partial charge in [0.2, 0.25) is 5.91 Å². The van der Waals surface area contributed by atoms with E-state index in [9.17, 15) is 4.79 Å². The predicted molar refractivity (Wildman–Crippen MR) is 110 cm³/mol. The second-order valence-corrected chi connectivity index (χ2v) is 7.82. The number of piperidine rings is 1. The second-order valence-electron chi connectivity index (χ2n) is 7.82. The van der Waals surface area contributed by atoms with Crippen molar-refractivity contribution in [1.82, 2.24) is 15.0 Å². The third kappa shape index (κ3) is 4.09. The Hall–Kier alpha value is -2.66. The number of fused-ring (bicyclic) bond motifs is 1. The van der Waals surface area contributed by atoms with Gasteiger partial charge in [0.25, 0.3) is 0 Å². The Morgan fingerprint density at radius 1 is 1.18 bits per heavy atom. The van der Waals surface area contributed by atoms with Gasteiger partial charge in [-0.1, -0.05) is 47.1 Å². The van der Waals surface area contributed by atoms with Gasteiger partial charge in [0.05, 0.1) is 6.42 Å². The Morgan fingerprint density at radius 3 is 2.75 bits per heavy atom. The third-order valence-corrected chi connectivity index (χ3v) is 5.73. The highest BCUT2D eigenvalue weighted by Crippen LogP contribution is 2.22. The maximum absolute atomic E-state index is 12.6. The summed E-state index contributed by atoms with van der Waals surface area (Å²) < 4.78 is 5.42. The molecule has 0 spiro atoms. The van der Waals surface area contributed by atoms with E-state index in [-0.39, 0.29) is 5.91 Å². The normalized spacial score (nSPS) is 15.5. The van der Waals surface area contributed by atoms with Gasteiger partial charge in [0, 0.05) is 31.1 Å². The summed E-state index contributed by atoms with van der Waals surface area (Å²) in [5.41, 5.74) is 4.12. The van der Waals surface area contributed by atoms with Crippen molar-refractivity contribution in [3.8, 4) is 0 Å². The standard InChI is InChI=1S/C23H27N3O2/c1-17-6-5-7-18(14-17)15-23(27)26-12-10-19(11-13-26)25(2)16-21-20-8-3-4-9-22(20)28-24-21/h3-9,14,19H,10-13,15-16H2,1-2H3. The van der Waals surface area contributed by atoms with E-state index in [2.05, 4.69) is 42.2 Å². The van der Waals surface area contributed by atoms with Crippen molar-refractivity contribution < 1.29 is 9.32 Å². The summed E-state index contributed by atoms with van der Waals surface area (Å²) in [5.74, 6) is 0.231. The van der Waals surface area contributed by atoms with Crippen molar-refractivity contribution in [2.75, 3.05) is 20.1 Å². The van der Waals surface area contributed by atoms with Gasteiger partial charge >= 0.3 is 0 Å². The van der Waals surface area contributed by atoms with Crippen molar-refractivity contribution in [1.29, 1.82) is 0 Å². The minimum Gasteiger partial charge on any atom is -0.356 e. The van der Waals surface area contributed by atoms with Gasteiger partial charge in [-0.05, 0) is 44.5 Å². The van der Waals surface area contributed by atoms with Gasteiger partial charge in [0.1, 0.15) is 5.69 Å². The number of hydrogen-bond donors (Lipinski definition) is 0. The predicted octanol–water partition coefficient (Wildman–Crippen LogP) is 3.80. The van der Waals surface area contributed by atoms with Crippen LogP contribution in [0.15, 0.2) is 53.1 Å². The lowest BCUT2D eigenvalue weighted by Gasteiger charge is -2.36. The molecule has 0 radical (unpaired) electrons. The molecule has 0 saturated carbocycles. The molecule has 2 aromatic carbocycles. The summed E-state index contributed by atoms with van der Waals surface area (Å²) >= 11 is 0. The first-order chi connectivity index (χ1) is 13.6. The fourth-order valence-electron chi connectivity index (χ4n) is 4.08. The Balaban J connectivity index is 1.31. The van der Waals surface area contributed by atoms with E-state index in [0.717, 1.165) is 54.7 Å². The molecule has 1 amide bonds. The molecule has 1 aromatic heterocycles. The minimum absolute atomic E-state index is 0.231. The number of para-hydroxylation sites is 1. The number of carbonyl (C=O) groups is 1. The largest absolute Gasteiger partial charge is 0.356 e. The van der Waals surface area contributed by atoms with E-state index in [1.807, 2.05) is 35.2 Å². The smallest absolute Gasteiger partial charge is 0.226 e. The van der Waals surface area contributed by atoms with Crippen molar-refractivity contribution >= 4 is 16.9 Å². The first-order valence-corrected chi connectivity index (χ1v) is 9.97. The summed E-state index contributed by atoms with van der Waals surface area (Å²) in [6.07, 6.45) is 2.48. The van der Waals surface area contributed by atoms with Gasteiger partial charge in [0.15, 0.2) is 5.58 Å². The van der Waals surface area contributed by atoms with Crippen LogP contribution in [-0.2, 0) is 17.8 Å². The van der Waals surface area contributed by atoms with Gasteiger partial charge in [-0.25, -0.2) is 0 Å². The van der Waals surface area contributed by atoms with Crippen LogP contribution in [0.2, 0.25) is 0 Å². The number of carbonyl (C=O) groups excluding carboxylic acids is 1. The average Bonchev–Trinajstić information content (AvgIpc) is 3.11. The molecule has 0 atom stereocenters. The molecule has 5 nitrogen and oxygen atoms in total. The number of benzene rings is 2. The lowest BCUT2D eigenvalue weighted by atomic mass is 10.0. The van der Waals surface area contributed by atoms with Crippen LogP contribution in [0.1, 0.15) is 29.7 Å². The first-order valence-electron chi connectivity index (χ1n) is 9.97. The molecule has 3 aromatic rings. The highest BCUT2D eigenvalue weighted by Gasteiger charge is 2.26. The Bertz CT molecular complexity index is 957. The van der Waals surface area contributed by atoms with Crippen molar-refractivity contribution in [3.05, 3.63) is 65.4 Å². The summed E-state index contributed by atoms with van der Waals surface area (Å²) in [7, 11) is 2.14. The molecule has 1 aliphatic heterocycles. The SMILES string of the molecule is Cc1cccc(CC(=O)N2CCC(N(C)Cc3noc4ccccc34)CC2)c1. The lowest BCUT2D eigenvalue weighted by molar-refractivity contribution is -0.132. The van der Waals surface area contributed by atoms with Crippen LogP contribution in [0.5, 0.6) is 0 Å². The van der Waals surface area contributed by atoms with Crippen LogP contribution < -0.4 is 0 Å². The number of likely N-dealkylation sites (tertiary alicyclic amines) is 1. The van der Waals surface area contributed by atoms with E-state index in [0.29, 0.717) is 12.5 Å². The van der Waals surface area contributed by atoms with E-state index in [1.165, 1.54) is 5.56 Å². The zero-order chi connectivity index (χ0) is 19.5. The van der Waals surface area contributed by atoms with Gasteiger partial charge < -0.3 is 9.42 Å². The van der Waals surface area contributed by atoms with Gasteiger partial charge in [-0.2, -0.15) is 0 Å². The molecule has 5 heteroatoms. The molecule has 1 fully saturated rings. The zero-order valence-electron chi connectivity index (χ0n) is 16.6. The zero-order valence-corrected chi connectivity index (χ0v) is 16.6. The van der Waals surface area contributed by atoms with Crippen LogP contribution in [0.25, 0.3) is 11.0 Å². The average molecular weight is 377 g/mol. The van der Waals surface area contributed by atoms with E-state index >= 15 is 0 Å². The maximum atomic E-state index is 12.6. The van der Waals surface area contributed by atoms with Crippen molar-refractivity contribution in [2.45, 2.75) is 38.8 Å². The molecule has 28 heavy (non-hydrogen) atoms. The van der Waals surface area contributed by atoms with Crippen LogP contribution >= 0.6 is 0 Å². The highest BCUT2D eigenvalue weighted by molar-refractivity contribution is 5.79. The Morgan fingerprint density at radius 2 is 1.96 bits per heavy atom. The summed E-state index contributed by atoms with van der Waals surface area (Å²) in [6, 6.07) is 16.7. The molecule has 0 unspecified atom stereocenters. The van der Waals surface area contributed by atoms with Gasteiger partial charge in [-0.3, -0.25) is 9.69 Å². The monoisotopic (exact) mass is 377 g/mol. The first kappa shape index (κ1) is 18.7. The maximum Gasteiger partial charge on any atom is 0.226 e. The fourth-order valence-corrected chi connectivity index (χ4v) is 4.08. The van der Waals surface area contributed by atoms with Crippen molar-refractivity contribution in [3.63, 3.8) is 0 Å². The minimum atomic E-state index is 0.231. The Kier molecular flexibility index (Phi) is 5.44. The number of aromatic nitrogens is 1. The number of aryl methyl sites for hydroxylation is 1. The highest BCUT2D eigenvalue weighted by atomic mass is 16.5. The molecular formula is C23H27N3O2. The molecule has 1 saturated heterocycles. The Labute approximate surface area is 165 Å². The van der Waals surface area contributed by atoms with E-state index in [1.54, 1.807) is 0 Å². The van der Waals surface area contributed by atoms with E-state index in [4.69, 9.17) is 4.52 Å². The van der Waals surface area contributed by atoms with Crippen LogP contribution in [-0.4, -0.2) is 47.0 Å². The van der Waals surface area contributed by atoms with Crippen LogP contribution in [0.3, 0.4) is 0 Å². The summed E-state index contributed by atoms with van der Waals surface area (Å²) in [6.45, 7) is 4.46. The molecule has 146 valence electrons. The number of nitrogens with zero attached hydrogens (tertiary/aromatic N) is 3. The molecular weight excluding hydrogens is 350 g/mol. The molecule has 2 heterocycles. The summed E-state index contributed by atoms with van der Waals surface area (Å²) in [4.78, 5) is 17.0. The number of amides is 1.